The number of thioether (sulfide) groups is 1. The van der Waals surface area contributed by atoms with Crippen LogP contribution in [0.1, 0.15) is 26.5 Å². The van der Waals surface area contributed by atoms with Gasteiger partial charge in [0.25, 0.3) is 0 Å². The maximum atomic E-state index is 13.0. The van der Waals surface area contributed by atoms with Crippen LogP contribution in [0.3, 0.4) is 0 Å². The number of carboxylic acid groups (broad SMARTS) is 1. The summed E-state index contributed by atoms with van der Waals surface area (Å²) in [6.45, 7) is 13.3. The molecular formula is C22H31N3O4S2Si. The van der Waals surface area contributed by atoms with Crippen molar-refractivity contribution >= 4 is 48.9 Å². The first kappa shape index (κ1) is 23.7. The molecule has 1 fully saturated rings. The summed E-state index contributed by atoms with van der Waals surface area (Å²) in [5.41, 5.74) is 2.27. The Hall–Kier alpha value is -1.46. The lowest BCUT2D eigenvalue weighted by molar-refractivity contribution is -0.162. The van der Waals surface area contributed by atoms with E-state index < -0.39 is 14.3 Å². The van der Waals surface area contributed by atoms with Gasteiger partial charge in [-0.1, -0.05) is 24.8 Å². The number of nitrogens with zero attached hydrogens (tertiary/aromatic N) is 3. The lowest BCUT2D eigenvalue weighted by atomic mass is 9.79. The molecule has 7 nitrogen and oxygen atoms in total. The Morgan fingerprint density at radius 1 is 1.38 bits per heavy atom. The van der Waals surface area contributed by atoms with Gasteiger partial charge in [0.1, 0.15) is 5.70 Å². The van der Waals surface area contributed by atoms with Gasteiger partial charge in [-0.15, -0.1) is 11.3 Å². The average molecular weight is 494 g/mol. The molecule has 1 aromatic heterocycles. The van der Waals surface area contributed by atoms with Crippen molar-refractivity contribution in [1.82, 2.24) is 14.8 Å². The van der Waals surface area contributed by atoms with E-state index in [1.54, 1.807) is 0 Å². The van der Waals surface area contributed by atoms with Gasteiger partial charge in [0.15, 0.2) is 12.7 Å². The highest BCUT2D eigenvalue weighted by molar-refractivity contribution is 8.04. The first-order valence-corrected chi connectivity index (χ1v) is 16.0. The molecule has 3 aliphatic heterocycles. The molecule has 0 radical (unpaired) electrons. The minimum absolute atomic E-state index is 0.0791. The monoisotopic (exact) mass is 493 g/mol. The second-order valence-corrected chi connectivity index (χ2v) is 16.4. The van der Waals surface area contributed by atoms with Gasteiger partial charge < -0.3 is 14.4 Å². The standard InChI is InChI=1S/C22H31N3O4S2Si/c1-11-17-16(13(3)29-32(5,6)7)20(26)25(17)18(21(27)28)19(11)31-22-23-15(10-30-22)14-8-9-24(4)12(14)2/h8,10-13,16-17H,9H2,1-7H3,(H,27,28)/t11-,12-,13-,16-,17-/m1/s1. The molecule has 174 valence electrons. The van der Waals surface area contributed by atoms with Crippen LogP contribution in [-0.4, -0.2) is 71.9 Å². The van der Waals surface area contributed by atoms with Crippen LogP contribution in [-0.2, 0) is 14.0 Å². The summed E-state index contributed by atoms with van der Waals surface area (Å²) in [6, 6.07) is 0.135. The topological polar surface area (TPSA) is 83.0 Å². The minimum Gasteiger partial charge on any atom is -0.477 e. The Bertz CT molecular complexity index is 1020. The van der Waals surface area contributed by atoms with Crippen molar-refractivity contribution in [2.75, 3.05) is 13.6 Å². The Morgan fingerprint density at radius 2 is 2.06 bits per heavy atom. The Labute approximate surface area is 198 Å². The van der Waals surface area contributed by atoms with E-state index in [1.807, 2.05) is 19.2 Å². The first-order valence-electron chi connectivity index (χ1n) is 10.9. The van der Waals surface area contributed by atoms with Crippen LogP contribution in [0.25, 0.3) is 5.57 Å². The minimum atomic E-state index is -1.82. The Balaban J connectivity index is 1.57. The van der Waals surface area contributed by atoms with E-state index in [1.165, 1.54) is 33.6 Å². The van der Waals surface area contributed by atoms with Gasteiger partial charge in [-0.3, -0.25) is 9.69 Å². The lowest BCUT2D eigenvalue weighted by Gasteiger charge is -2.48. The molecule has 4 heterocycles. The molecule has 32 heavy (non-hydrogen) atoms. The number of carboxylic acids is 1. The fourth-order valence-corrected chi connectivity index (χ4v) is 8.29. The van der Waals surface area contributed by atoms with Crippen LogP contribution in [0.15, 0.2) is 26.4 Å². The van der Waals surface area contributed by atoms with Crippen molar-refractivity contribution in [1.29, 1.82) is 0 Å². The van der Waals surface area contributed by atoms with Crippen LogP contribution in [0.2, 0.25) is 19.6 Å². The van der Waals surface area contributed by atoms with Gasteiger partial charge in [-0.25, -0.2) is 9.78 Å². The van der Waals surface area contributed by atoms with Crippen LogP contribution in [0.5, 0.6) is 0 Å². The van der Waals surface area contributed by atoms with Crippen molar-refractivity contribution in [2.24, 2.45) is 11.8 Å². The van der Waals surface area contributed by atoms with Crippen molar-refractivity contribution in [3.63, 3.8) is 0 Å². The van der Waals surface area contributed by atoms with E-state index >= 15 is 0 Å². The number of aromatic nitrogens is 1. The summed E-state index contributed by atoms with van der Waals surface area (Å²) in [5, 5.41) is 12.0. The van der Waals surface area contributed by atoms with Crippen LogP contribution in [0.4, 0.5) is 0 Å². The second kappa shape index (κ2) is 8.39. The van der Waals surface area contributed by atoms with E-state index in [0.29, 0.717) is 10.9 Å². The van der Waals surface area contributed by atoms with E-state index in [4.69, 9.17) is 9.41 Å². The SMILES string of the molecule is C[C@@H]1C(c2csc(SC3=C(C(=O)O)N4C(=O)[C@H]([C@@H](C)O[Si](C)(C)C)[C@H]4[C@H]3C)n2)=CCN1C. The van der Waals surface area contributed by atoms with E-state index in [-0.39, 0.29) is 35.6 Å². The zero-order valence-corrected chi connectivity index (χ0v) is 22.2. The number of hydrogen-bond acceptors (Lipinski definition) is 7. The van der Waals surface area contributed by atoms with Crippen LogP contribution in [0, 0.1) is 11.8 Å². The fraction of sp³-hybridized carbons (Fsp3) is 0.591. The lowest BCUT2D eigenvalue weighted by Crippen LogP contribution is -2.64. The fourth-order valence-electron chi connectivity index (χ4n) is 4.93. The van der Waals surface area contributed by atoms with Crippen molar-refractivity contribution in [3.05, 3.63) is 27.8 Å². The summed E-state index contributed by atoms with van der Waals surface area (Å²) < 4.78 is 7.00. The third-order valence-electron chi connectivity index (χ3n) is 6.52. The van der Waals surface area contributed by atoms with Gasteiger partial charge in [0.2, 0.25) is 5.91 Å². The van der Waals surface area contributed by atoms with Crippen LogP contribution < -0.4 is 0 Å². The molecule has 0 aromatic carbocycles. The average Bonchev–Trinajstić information content (AvgIpc) is 3.32. The van der Waals surface area contributed by atoms with Crippen LogP contribution >= 0.6 is 23.1 Å². The number of thiazole rings is 1. The number of carbonyl (C=O) groups is 2. The maximum absolute atomic E-state index is 13.0. The number of hydrogen-bond donors (Lipinski definition) is 1. The summed E-state index contributed by atoms with van der Waals surface area (Å²) in [4.78, 5) is 34.4. The smallest absolute Gasteiger partial charge is 0.353 e. The number of likely N-dealkylation sites (N-methyl/N-ethyl adjacent to an activating group) is 1. The molecule has 0 aliphatic carbocycles. The molecule has 10 heteroatoms. The predicted octanol–water partition coefficient (Wildman–Crippen LogP) is 3.97. The number of aliphatic carboxylic acids is 1. The molecule has 5 atom stereocenters. The van der Waals surface area contributed by atoms with E-state index in [0.717, 1.165) is 16.6 Å². The number of fused-ring (bicyclic) bond motifs is 1. The molecular weight excluding hydrogens is 462 g/mol. The van der Waals surface area contributed by atoms with Crippen molar-refractivity contribution in [2.45, 2.75) is 62.9 Å². The van der Waals surface area contributed by atoms with Gasteiger partial charge in [-0.05, 0) is 46.1 Å². The largest absolute Gasteiger partial charge is 0.477 e. The van der Waals surface area contributed by atoms with E-state index in [2.05, 4.69) is 44.6 Å². The third kappa shape index (κ3) is 4.00. The maximum Gasteiger partial charge on any atom is 0.353 e. The molecule has 0 bridgehead atoms. The zero-order chi connectivity index (χ0) is 23.5. The quantitative estimate of drug-likeness (QED) is 0.455. The summed E-state index contributed by atoms with van der Waals surface area (Å²) in [5.74, 6) is -1.59. The number of carbonyl (C=O) groups excluding carboxylic acids is 1. The summed E-state index contributed by atoms with van der Waals surface area (Å²) in [6.07, 6.45) is 1.97. The Kier molecular flexibility index (Phi) is 6.21. The molecule has 3 aliphatic rings. The molecule has 1 N–H and O–H groups in total. The molecule has 0 unspecified atom stereocenters. The third-order valence-corrected chi connectivity index (χ3v) is 9.83. The first-order chi connectivity index (χ1) is 14.9. The van der Waals surface area contributed by atoms with Crippen molar-refractivity contribution < 1.29 is 19.1 Å². The van der Waals surface area contributed by atoms with Crippen molar-refractivity contribution in [3.8, 4) is 0 Å². The highest BCUT2D eigenvalue weighted by atomic mass is 32.2. The normalized spacial score (nSPS) is 29.3. The molecule has 4 rings (SSSR count). The number of β-lactam (4-membered cyclic amide) rings is 1. The molecule has 0 spiro atoms. The molecule has 1 saturated heterocycles. The van der Waals surface area contributed by atoms with Gasteiger partial charge >= 0.3 is 5.97 Å². The summed E-state index contributed by atoms with van der Waals surface area (Å²) >= 11 is 2.92. The molecule has 0 saturated carbocycles. The van der Waals surface area contributed by atoms with Gasteiger partial charge in [0.05, 0.1) is 23.8 Å². The molecule has 1 aromatic rings. The van der Waals surface area contributed by atoms with Gasteiger partial charge in [-0.2, -0.15) is 0 Å². The predicted molar refractivity (Wildman–Crippen MR) is 130 cm³/mol. The molecule has 1 amide bonds. The Morgan fingerprint density at radius 3 is 2.62 bits per heavy atom. The zero-order valence-electron chi connectivity index (χ0n) is 19.6. The second-order valence-electron chi connectivity index (χ2n) is 9.84. The van der Waals surface area contributed by atoms with E-state index in [9.17, 15) is 14.7 Å². The van der Waals surface area contributed by atoms with Gasteiger partial charge in [0, 0.05) is 28.8 Å². The summed E-state index contributed by atoms with van der Waals surface area (Å²) in [7, 11) is 0.266. The number of amides is 1. The highest BCUT2D eigenvalue weighted by Gasteiger charge is 2.60. The number of rotatable bonds is 7. The highest BCUT2D eigenvalue weighted by Crippen LogP contribution is 2.52.